The van der Waals surface area contributed by atoms with Crippen molar-refractivity contribution in [2.24, 2.45) is 0 Å². The molecule has 0 bridgehead atoms. The number of likely N-dealkylation sites (tertiary alicyclic amines) is 1. The van der Waals surface area contributed by atoms with Crippen LogP contribution in [0, 0.1) is 6.92 Å². The van der Waals surface area contributed by atoms with Crippen LogP contribution in [0.2, 0.25) is 0 Å². The Morgan fingerprint density at radius 2 is 2.25 bits per heavy atom. The van der Waals surface area contributed by atoms with Crippen molar-refractivity contribution in [1.82, 2.24) is 15.4 Å². The number of carbonyl (C=O) groups excluding carboxylic acids is 1. The first-order chi connectivity index (χ1) is 9.75. The van der Waals surface area contributed by atoms with Crippen molar-refractivity contribution in [2.45, 2.75) is 57.5 Å². The van der Waals surface area contributed by atoms with Gasteiger partial charge in [-0.05, 0) is 39.2 Å². The topological polar surface area (TPSA) is 58.4 Å². The summed E-state index contributed by atoms with van der Waals surface area (Å²) in [5.74, 6) is 1.07. The van der Waals surface area contributed by atoms with Crippen LogP contribution in [0.1, 0.15) is 56.0 Å². The summed E-state index contributed by atoms with van der Waals surface area (Å²) in [5.41, 5.74) is 0.881. The summed E-state index contributed by atoms with van der Waals surface area (Å²) in [7, 11) is 0. The third-order valence-corrected chi connectivity index (χ3v) is 4.37. The molecule has 1 N–H and O–H groups in total. The van der Waals surface area contributed by atoms with Gasteiger partial charge in [-0.2, -0.15) is 0 Å². The van der Waals surface area contributed by atoms with Crippen LogP contribution in [0.4, 0.5) is 0 Å². The highest BCUT2D eigenvalue weighted by molar-refractivity contribution is 5.82. The van der Waals surface area contributed by atoms with Gasteiger partial charge in [0.05, 0.1) is 17.8 Å². The largest absolute Gasteiger partial charge is 0.359 e. The van der Waals surface area contributed by atoms with E-state index in [4.69, 9.17) is 4.52 Å². The first kappa shape index (κ1) is 13.6. The molecule has 1 aromatic heterocycles. The molecule has 5 heteroatoms. The van der Waals surface area contributed by atoms with Crippen LogP contribution < -0.4 is 5.32 Å². The maximum absolute atomic E-state index is 12.7. The van der Waals surface area contributed by atoms with Gasteiger partial charge >= 0.3 is 0 Å². The minimum atomic E-state index is -0.0119. The Labute approximate surface area is 119 Å². The molecule has 0 aliphatic carbocycles. The summed E-state index contributed by atoms with van der Waals surface area (Å²) in [6.07, 6.45) is 6.52. The molecule has 110 valence electrons. The van der Waals surface area contributed by atoms with Crippen molar-refractivity contribution >= 4 is 5.91 Å². The molecule has 2 saturated heterocycles. The number of amides is 1. The summed E-state index contributed by atoms with van der Waals surface area (Å²) >= 11 is 0. The standard InChI is InChI=1S/C15H23N3O2/c1-11-10-14(20-17-11)13-7-5-9-18(13)15(19)12-6-3-2-4-8-16-12/h10,12-13,16H,2-9H2,1H3. The van der Waals surface area contributed by atoms with Gasteiger partial charge in [-0.3, -0.25) is 4.79 Å². The van der Waals surface area contributed by atoms with Crippen LogP contribution in [0.25, 0.3) is 0 Å². The fourth-order valence-corrected chi connectivity index (χ4v) is 3.31. The highest BCUT2D eigenvalue weighted by atomic mass is 16.5. The average Bonchev–Trinajstić information content (AvgIpc) is 2.99. The molecule has 2 atom stereocenters. The van der Waals surface area contributed by atoms with Gasteiger partial charge in [-0.25, -0.2) is 0 Å². The van der Waals surface area contributed by atoms with Gasteiger partial charge in [0.2, 0.25) is 5.91 Å². The normalized spacial score (nSPS) is 27.6. The van der Waals surface area contributed by atoms with E-state index in [-0.39, 0.29) is 18.0 Å². The number of nitrogens with one attached hydrogen (secondary N) is 1. The monoisotopic (exact) mass is 277 g/mol. The van der Waals surface area contributed by atoms with E-state index in [2.05, 4.69) is 10.5 Å². The van der Waals surface area contributed by atoms with E-state index in [1.165, 1.54) is 12.8 Å². The van der Waals surface area contributed by atoms with Crippen molar-refractivity contribution < 1.29 is 9.32 Å². The molecule has 5 nitrogen and oxygen atoms in total. The highest BCUT2D eigenvalue weighted by Gasteiger charge is 2.35. The molecule has 2 aliphatic heterocycles. The second-order valence-corrected chi connectivity index (χ2v) is 5.92. The van der Waals surface area contributed by atoms with E-state index >= 15 is 0 Å². The molecule has 0 saturated carbocycles. The summed E-state index contributed by atoms with van der Waals surface area (Å²) in [6, 6.07) is 2.02. The molecule has 0 spiro atoms. The fourth-order valence-electron chi connectivity index (χ4n) is 3.31. The highest BCUT2D eigenvalue weighted by Crippen LogP contribution is 2.33. The fraction of sp³-hybridized carbons (Fsp3) is 0.733. The van der Waals surface area contributed by atoms with Crippen molar-refractivity contribution in [3.63, 3.8) is 0 Å². The SMILES string of the molecule is Cc1cc(C2CCCN2C(=O)C2CCCCCN2)on1. The Morgan fingerprint density at radius 1 is 1.35 bits per heavy atom. The lowest BCUT2D eigenvalue weighted by molar-refractivity contribution is -0.134. The molecule has 3 rings (SSSR count). The number of carbonyl (C=O) groups is 1. The van der Waals surface area contributed by atoms with Crippen molar-refractivity contribution in [2.75, 3.05) is 13.1 Å². The minimum Gasteiger partial charge on any atom is -0.359 e. The lowest BCUT2D eigenvalue weighted by Gasteiger charge is -2.27. The van der Waals surface area contributed by atoms with Gasteiger partial charge in [0.1, 0.15) is 0 Å². The number of nitrogens with zero attached hydrogens (tertiary/aromatic N) is 2. The first-order valence-electron chi connectivity index (χ1n) is 7.73. The number of hydrogen-bond acceptors (Lipinski definition) is 4. The molecule has 20 heavy (non-hydrogen) atoms. The Kier molecular flexibility index (Phi) is 4.05. The van der Waals surface area contributed by atoms with Crippen LogP contribution >= 0.6 is 0 Å². The van der Waals surface area contributed by atoms with Crippen LogP contribution in [0.5, 0.6) is 0 Å². The maximum Gasteiger partial charge on any atom is 0.240 e. The number of rotatable bonds is 2. The van der Waals surface area contributed by atoms with Gasteiger partial charge < -0.3 is 14.7 Å². The van der Waals surface area contributed by atoms with Crippen LogP contribution in [-0.2, 0) is 4.79 Å². The number of hydrogen-bond donors (Lipinski definition) is 1. The lowest BCUT2D eigenvalue weighted by atomic mass is 10.1. The first-order valence-corrected chi connectivity index (χ1v) is 7.73. The smallest absolute Gasteiger partial charge is 0.240 e. The quantitative estimate of drug-likeness (QED) is 0.900. The zero-order chi connectivity index (χ0) is 13.9. The van der Waals surface area contributed by atoms with Crippen molar-refractivity contribution in [3.05, 3.63) is 17.5 Å². The molecule has 3 heterocycles. The second-order valence-electron chi connectivity index (χ2n) is 5.92. The second kappa shape index (κ2) is 5.95. The summed E-state index contributed by atoms with van der Waals surface area (Å²) in [5, 5.41) is 7.35. The van der Waals surface area contributed by atoms with Gasteiger partial charge in [0.15, 0.2) is 5.76 Å². The summed E-state index contributed by atoms with van der Waals surface area (Å²) in [4.78, 5) is 14.7. The third-order valence-electron chi connectivity index (χ3n) is 4.37. The Balaban J connectivity index is 1.72. The molecule has 0 aromatic carbocycles. The van der Waals surface area contributed by atoms with E-state index in [9.17, 15) is 4.79 Å². The average molecular weight is 277 g/mol. The number of aryl methyl sites for hydroxylation is 1. The molecule has 0 radical (unpaired) electrons. The zero-order valence-corrected chi connectivity index (χ0v) is 12.1. The van der Waals surface area contributed by atoms with Gasteiger partial charge in [-0.1, -0.05) is 18.0 Å². The van der Waals surface area contributed by atoms with Crippen LogP contribution in [-0.4, -0.2) is 35.1 Å². The molecule has 1 aromatic rings. The molecule has 2 unspecified atom stereocenters. The van der Waals surface area contributed by atoms with E-state index < -0.39 is 0 Å². The van der Waals surface area contributed by atoms with Gasteiger partial charge in [0.25, 0.3) is 0 Å². The summed E-state index contributed by atoms with van der Waals surface area (Å²) in [6.45, 7) is 3.71. The van der Waals surface area contributed by atoms with Crippen LogP contribution in [0.3, 0.4) is 0 Å². The number of aromatic nitrogens is 1. The Hall–Kier alpha value is -1.36. The van der Waals surface area contributed by atoms with E-state index in [0.29, 0.717) is 0 Å². The Bertz CT molecular complexity index is 463. The van der Waals surface area contributed by atoms with Crippen molar-refractivity contribution in [3.8, 4) is 0 Å². The molecule has 2 aliphatic rings. The predicted octanol–water partition coefficient (Wildman–Crippen LogP) is 2.18. The van der Waals surface area contributed by atoms with E-state index in [1.807, 2.05) is 17.9 Å². The van der Waals surface area contributed by atoms with Crippen LogP contribution in [0.15, 0.2) is 10.6 Å². The van der Waals surface area contributed by atoms with E-state index in [1.54, 1.807) is 0 Å². The van der Waals surface area contributed by atoms with E-state index in [0.717, 1.165) is 50.2 Å². The molecule has 2 fully saturated rings. The van der Waals surface area contributed by atoms with Crippen molar-refractivity contribution in [1.29, 1.82) is 0 Å². The Morgan fingerprint density at radius 3 is 3.05 bits per heavy atom. The molecular weight excluding hydrogens is 254 g/mol. The minimum absolute atomic E-state index is 0.0119. The maximum atomic E-state index is 12.7. The summed E-state index contributed by atoms with van der Waals surface area (Å²) < 4.78 is 5.38. The van der Waals surface area contributed by atoms with Gasteiger partial charge in [0, 0.05) is 12.6 Å². The zero-order valence-electron chi connectivity index (χ0n) is 12.1. The molecular formula is C15H23N3O2. The third kappa shape index (κ3) is 2.73. The molecule has 1 amide bonds. The van der Waals surface area contributed by atoms with Gasteiger partial charge in [-0.15, -0.1) is 0 Å². The predicted molar refractivity (Wildman–Crippen MR) is 75.2 cm³/mol. The lowest BCUT2D eigenvalue weighted by Crippen LogP contribution is -2.45.